The van der Waals surface area contributed by atoms with Gasteiger partial charge in [-0.3, -0.25) is 4.79 Å². The summed E-state index contributed by atoms with van der Waals surface area (Å²) in [5.74, 6) is -0.0526. The first kappa shape index (κ1) is 16.5. The normalized spacial score (nSPS) is 19.7. The Morgan fingerprint density at radius 2 is 2.14 bits per heavy atom. The number of anilines is 1. The zero-order valence-electron chi connectivity index (χ0n) is 13.1. The predicted molar refractivity (Wildman–Crippen MR) is 86.5 cm³/mol. The molecule has 1 aromatic heterocycles. The summed E-state index contributed by atoms with van der Waals surface area (Å²) in [7, 11) is 3.77. The van der Waals surface area contributed by atoms with Gasteiger partial charge in [-0.15, -0.1) is 0 Å². The minimum absolute atomic E-state index is 0.00520. The molecule has 1 atom stereocenters. The molecule has 0 spiro atoms. The molecule has 0 bridgehead atoms. The first-order valence-corrected chi connectivity index (χ1v) is 8.14. The van der Waals surface area contributed by atoms with Crippen LogP contribution in [0.4, 0.5) is 5.13 Å². The van der Waals surface area contributed by atoms with E-state index in [1.165, 1.54) is 11.3 Å². The number of carbonyl (C=O) groups is 1. The van der Waals surface area contributed by atoms with Gasteiger partial charge in [-0.05, 0) is 5.41 Å². The maximum absolute atomic E-state index is 12.7. The molecule has 0 N–H and O–H groups in total. The highest BCUT2D eigenvalue weighted by molar-refractivity contribution is 7.18. The molecule has 5 nitrogen and oxygen atoms in total. The molecule has 1 aliphatic heterocycles. The van der Waals surface area contributed by atoms with Crippen molar-refractivity contribution in [3.8, 4) is 0 Å². The Balaban J connectivity index is 2.16. The smallest absolute Gasteiger partial charge is 0.267 e. The van der Waals surface area contributed by atoms with Crippen molar-refractivity contribution in [3.05, 3.63) is 10.0 Å². The van der Waals surface area contributed by atoms with E-state index in [1.54, 1.807) is 0 Å². The maximum atomic E-state index is 12.7. The number of ether oxygens (including phenoxy) is 1. The van der Waals surface area contributed by atoms with Crippen molar-refractivity contribution in [2.45, 2.75) is 26.9 Å². The molecule has 0 aromatic carbocycles. The molecule has 0 aliphatic carbocycles. The van der Waals surface area contributed by atoms with Gasteiger partial charge in [0.1, 0.15) is 4.88 Å². The van der Waals surface area contributed by atoms with Crippen LogP contribution in [0, 0.1) is 5.41 Å². The van der Waals surface area contributed by atoms with Gasteiger partial charge in [0.15, 0.2) is 10.3 Å². The van der Waals surface area contributed by atoms with Crippen LogP contribution in [-0.4, -0.2) is 55.7 Å². The van der Waals surface area contributed by atoms with Crippen LogP contribution in [0.15, 0.2) is 0 Å². The summed E-state index contributed by atoms with van der Waals surface area (Å²) in [6, 6.07) is 0. The van der Waals surface area contributed by atoms with Crippen molar-refractivity contribution in [3.63, 3.8) is 0 Å². The fourth-order valence-corrected chi connectivity index (χ4v) is 3.29. The molecular formula is C14H22ClN3O2S. The molecule has 0 unspecified atom stereocenters. The van der Waals surface area contributed by atoms with E-state index in [0.717, 1.165) is 5.13 Å². The van der Waals surface area contributed by atoms with Gasteiger partial charge in [0.25, 0.3) is 5.91 Å². The van der Waals surface area contributed by atoms with E-state index in [9.17, 15) is 4.79 Å². The Bertz CT molecular complexity index is 525. The van der Waals surface area contributed by atoms with Crippen LogP contribution in [0.2, 0.25) is 5.15 Å². The Kier molecular flexibility index (Phi) is 4.80. The Morgan fingerprint density at radius 1 is 1.48 bits per heavy atom. The van der Waals surface area contributed by atoms with Gasteiger partial charge in [-0.2, -0.15) is 0 Å². The Hall–Kier alpha value is -0.850. The number of hydrogen-bond acceptors (Lipinski definition) is 5. The van der Waals surface area contributed by atoms with Gasteiger partial charge in [-0.25, -0.2) is 4.98 Å². The third kappa shape index (κ3) is 3.67. The third-order valence-electron chi connectivity index (χ3n) is 3.47. The topological polar surface area (TPSA) is 45.7 Å². The SMILES string of the molecule is CN(C)c1nc(Cl)c(C(=O)N2CCO[C@H](C(C)(C)C)C2)s1. The lowest BCUT2D eigenvalue weighted by Gasteiger charge is -2.39. The van der Waals surface area contributed by atoms with Crippen LogP contribution in [0.3, 0.4) is 0 Å². The van der Waals surface area contributed by atoms with Gasteiger partial charge in [-0.1, -0.05) is 43.7 Å². The highest BCUT2D eigenvalue weighted by atomic mass is 35.5. The third-order valence-corrected chi connectivity index (χ3v) is 5.07. The van der Waals surface area contributed by atoms with Gasteiger partial charge in [0.2, 0.25) is 0 Å². The van der Waals surface area contributed by atoms with Gasteiger partial charge in [0, 0.05) is 27.2 Å². The van der Waals surface area contributed by atoms with Gasteiger partial charge in [0.05, 0.1) is 12.7 Å². The molecule has 0 saturated carbocycles. The summed E-state index contributed by atoms with van der Waals surface area (Å²) in [6.07, 6.45) is 0.0372. The zero-order chi connectivity index (χ0) is 15.8. The Morgan fingerprint density at radius 3 is 2.67 bits per heavy atom. The standard InChI is InChI=1S/C14H22ClN3O2S/c1-14(2,3)9-8-18(6-7-20-9)12(19)10-11(15)16-13(21-10)17(4)5/h9H,6-8H2,1-5H3/t9-/m0/s1. The van der Waals surface area contributed by atoms with Crippen molar-refractivity contribution in [1.82, 2.24) is 9.88 Å². The number of halogens is 1. The van der Waals surface area contributed by atoms with Crippen molar-refractivity contribution < 1.29 is 9.53 Å². The second kappa shape index (κ2) is 6.10. The number of hydrogen-bond donors (Lipinski definition) is 0. The largest absolute Gasteiger partial charge is 0.374 e. The van der Waals surface area contributed by atoms with E-state index in [4.69, 9.17) is 16.3 Å². The first-order chi connectivity index (χ1) is 9.70. The molecule has 21 heavy (non-hydrogen) atoms. The second-order valence-electron chi connectivity index (χ2n) is 6.49. The van der Waals surface area contributed by atoms with Crippen LogP contribution in [-0.2, 0) is 4.74 Å². The fraction of sp³-hybridized carbons (Fsp3) is 0.714. The first-order valence-electron chi connectivity index (χ1n) is 6.94. The van der Waals surface area contributed by atoms with Crippen molar-refractivity contribution in [2.24, 2.45) is 5.41 Å². The van der Waals surface area contributed by atoms with Crippen molar-refractivity contribution in [2.75, 3.05) is 38.7 Å². The Labute approximate surface area is 134 Å². The summed E-state index contributed by atoms with van der Waals surface area (Å²) < 4.78 is 5.79. The lowest BCUT2D eigenvalue weighted by molar-refractivity contribution is -0.0705. The summed E-state index contributed by atoms with van der Waals surface area (Å²) in [5.41, 5.74) is 0.00520. The summed E-state index contributed by atoms with van der Waals surface area (Å²) in [5, 5.41) is 1.02. The quantitative estimate of drug-likeness (QED) is 0.836. The van der Waals surface area contributed by atoms with E-state index >= 15 is 0 Å². The molecule has 2 heterocycles. The molecule has 1 aromatic rings. The highest BCUT2D eigenvalue weighted by Crippen LogP contribution is 2.31. The minimum atomic E-state index is -0.0526. The van der Waals surface area contributed by atoms with E-state index < -0.39 is 0 Å². The van der Waals surface area contributed by atoms with Crippen LogP contribution >= 0.6 is 22.9 Å². The molecule has 1 fully saturated rings. The number of aromatic nitrogens is 1. The van der Waals surface area contributed by atoms with Gasteiger partial charge < -0.3 is 14.5 Å². The molecule has 1 amide bonds. The van der Waals surface area contributed by atoms with E-state index in [2.05, 4.69) is 25.8 Å². The van der Waals surface area contributed by atoms with E-state index in [0.29, 0.717) is 24.6 Å². The molecule has 0 radical (unpaired) electrons. The summed E-state index contributed by atoms with van der Waals surface area (Å²) >= 11 is 7.45. The maximum Gasteiger partial charge on any atom is 0.267 e. The van der Waals surface area contributed by atoms with Crippen molar-refractivity contribution >= 4 is 34.0 Å². The van der Waals surface area contributed by atoms with Gasteiger partial charge >= 0.3 is 0 Å². The fourth-order valence-electron chi connectivity index (χ4n) is 2.12. The number of carbonyl (C=O) groups excluding carboxylic acids is 1. The molecule has 2 rings (SSSR count). The lowest BCUT2D eigenvalue weighted by Crippen LogP contribution is -2.50. The van der Waals surface area contributed by atoms with Crippen LogP contribution in [0.1, 0.15) is 30.4 Å². The average Bonchev–Trinajstić information content (AvgIpc) is 2.79. The highest BCUT2D eigenvalue weighted by Gasteiger charge is 2.34. The molecule has 1 aliphatic rings. The lowest BCUT2D eigenvalue weighted by atomic mass is 9.88. The van der Waals surface area contributed by atoms with E-state index in [1.807, 2.05) is 23.9 Å². The number of morpholine rings is 1. The number of thiazole rings is 1. The van der Waals surface area contributed by atoms with Crippen LogP contribution in [0.25, 0.3) is 0 Å². The molecular weight excluding hydrogens is 310 g/mol. The average molecular weight is 332 g/mol. The molecule has 1 saturated heterocycles. The summed E-state index contributed by atoms with van der Waals surface area (Å²) in [4.78, 5) is 21.1. The number of rotatable bonds is 2. The van der Waals surface area contributed by atoms with Crippen molar-refractivity contribution in [1.29, 1.82) is 0 Å². The molecule has 118 valence electrons. The van der Waals surface area contributed by atoms with Crippen LogP contribution in [0.5, 0.6) is 0 Å². The number of nitrogens with zero attached hydrogens (tertiary/aromatic N) is 3. The zero-order valence-corrected chi connectivity index (χ0v) is 14.7. The van der Waals surface area contributed by atoms with E-state index in [-0.39, 0.29) is 22.6 Å². The minimum Gasteiger partial charge on any atom is -0.374 e. The molecule has 7 heteroatoms. The summed E-state index contributed by atoms with van der Waals surface area (Å²) in [6.45, 7) is 8.11. The van der Waals surface area contributed by atoms with Crippen LogP contribution < -0.4 is 4.90 Å². The number of amides is 1. The predicted octanol–water partition coefficient (Wildman–Crippen LogP) is 2.75. The monoisotopic (exact) mass is 331 g/mol. The second-order valence-corrected chi connectivity index (χ2v) is 7.82.